The summed E-state index contributed by atoms with van der Waals surface area (Å²) < 4.78 is 0. The number of nitrogens with zero attached hydrogens (tertiary/aromatic N) is 2. The van der Waals surface area contributed by atoms with Gasteiger partial charge >= 0.3 is 58.2 Å². The molecule has 5 nitrogen and oxygen atoms in total. The molecule has 1 aliphatic carbocycles. The molecule has 6 heteroatoms. The Morgan fingerprint density at radius 1 is 1.25 bits per heavy atom. The van der Waals surface area contributed by atoms with Crippen LogP contribution in [0.15, 0.2) is 30.5 Å². The molecule has 2 aromatic heterocycles. The maximum atomic E-state index is 12.4. The van der Waals surface area contributed by atoms with Gasteiger partial charge in [-0.15, -0.1) is 0 Å². The number of rotatable bonds is 0. The minimum absolute atomic E-state index is 0. The summed E-state index contributed by atoms with van der Waals surface area (Å²) in [7, 11) is 0. The fourth-order valence-corrected chi connectivity index (χ4v) is 3.11. The second-order valence-electron chi connectivity index (χ2n) is 5.09. The maximum Gasteiger partial charge on any atom is 1.00 e. The van der Waals surface area contributed by atoms with E-state index in [2.05, 4.69) is 15.3 Å². The second-order valence-corrected chi connectivity index (χ2v) is 5.09. The minimum atomic E-state index is -0.577. The Morgan fingerprint density at radius 3 is 2.95 bits per heavy atom. The van der Waals surface area contributed by atoms with Gasteiger partial charge in [0.05, 0.1) is 5.41 Å². The number of carbonyl (C=O) groups excluding carboxylic acids is 1. The third kappa shape index (κ3) is 1.91. The fraction of sp³-hybridized carbons (Fsp3) is 0.214. The molecule has 20 heavy (non-hydrogen) atoms. The predicted molar refractivity (Wildman–Crippen MR) is 70.2 cm³/mol. The number of anilines is 1. The molecule has 0 saturated carbocycles. The molecule has 1 unspecified atom stereocenters. The van der Waals surface area contributed by atoms with Gasteiger partial charge in [-0.1, -0.05) is 29.7 Å². The van der Waals surface area contributed by atoms with Gasteiger partial charge in [0.15, 0.2) is 0 Å². The molecule has 0 fully saturated rings. The Kier molecular flexibility index (Phi) is 3.57. The Morgan fingerprint density at radius 2 is 2.10 bits per heavy atom. The monoisotopic (exact) mass is 336 g/mol. The van der Waals surface area contributed by atoms with Crippen molar-refractivity contribution in [2.75, 3.05) is 5.32 Å². The van der Waals surface area contributed by atoms with Crippen molar-refractivity contribution in [2.24, 2.45) is 0 Å². The molecule has 94 valence electrons. The van der Waals surface area contributed by atoms with Gasteiger partial charge in [-0.3, -0.25) is 4.79 Å². The molecular formula is C14H11N4ORb. The molecule has 0 radical (unpaired) electrons. The van der Waals surface area contributed by atoms with Crippen LogP contribution >= 0.6 is 0 Å². The molecule has 0 bridgehead atoms. The number of amides is 1. The minimum Gasteiger partial charge on any atom is -0.482 e. The second kappa shape index (κ2) is 4.98. The first-order valence-electron chi connectivity index (χ1n) is 6.16. The first-order valence-corrected chi connectivity index (χ1v) is 6.16. The molecule has 3 heterocycles. The van der Waals surface area contributed by atoms with Gasteiger partial charge in [0.1, 0.15) is 5.82 Å². The summed E-state index contributed by atoms with van der Waals surface area (Å²) in [4.78, 5) is 20.8. The van der Waals surface area contributed by atoms with Crippen LogP contribution in [0.1, 0.15) is 16.8 Å². The zero-order chi connectivity index (χ0) is 13.0. The summed E-state index contributed by atoms with van der Waals surface area (Å²) >= 11 is 0. The molecule has 1 atom stereocenters. The van der Waals surface area contributed by atoms with Crippen LogP contribution in [0.4, 0.5) is 11.6 Å². The Hall–Kier alpha value is -0.625. The van der Waals surface area contributed by atoms with Crippen LogP contribution in [-0.4, -0.2) is 15.9 Å². The Balaban J connectivity index is 0.00000121. The average Bonchev–Trinajstić information content (AvgIpc) is 2.90. The number of nitrogens with one attached hydrogen (secondary N) is 2. The maximum absolute atomic E-state index is 12.4. The van der Waals surface area contributed by atoms with Crippen LogP contribution < -0.4 is 63.5 Å². The van der Waals surface area contributed by atoms with Crippen molar-refractivity contribution < 1.29 is 63.0 Å². The first kappa shape index (κ1) is 14.3. The van der Waals surface area contributed by atoms with Crippen molar-refractivity contribution in [1.82, 2.24) is 9.97 Å². The molecule has 2 aliphatic rings. The van der Waals surface area contributed by atoms with Gasteiger partial charge in [0.25, 0.3) is 0 Å². The standard InChI is InChI=1S/C14H12N4O.Rb/c15-11-4-3-8-6-14(7-10(8)17-11)9-2-1-5-16-12(9)18-13(14)19;/h1-5H,6-7H2,(H3,15,16,17,18,19);/q;+1/p-1. The van der Waals surface area contributed by atoms with Crippen LogP contribution in [0.2, 0.25) is 0 Å². The van der Waals surface area contributed by atoms with E-state index in [4.69, 9.17) is 5.73 Å². The van der Waals surface area contributed by atoms with Crippen molar-refractivity contribution in [1.29, 1.82) is 0 Å². The Labute approximate surface area is 165 Å². The molecule has 2 aromatic rings. The van der Waals surface area contributed by atoms with Gasteiger partial charge in [-0.05, 0) is 24.5 Å². The van der Waals surface area contributed by atoms with Crippen molar-refractivity contribution in [3.63, 3.8) is 0 Å². The third-order valence-electron chi connectivity index (χ3n) is 4.02. The summed E-state index contributed by atoms with van der Waals surface area (Å²) in [6.07, 6.45) is 2.88. The number of hydrogen-bond acceptors (Lipinski definition) is 3. The zero-order valence-electron chi connectivity index (χ0n) is 11.1. The van der Waals surface area contributed by atoms with Gasteiger partial charge in [0.2, 0.25) is 5.91 Å². The van der Waals surface area contributed by atoms with Crippen molar-refractivity contribution in [3.05, 3.63) is 53.0 Å². The van der Waals surface area contributed by atoms with E-state index in [1.54, 1.807) is 12.3 Å². The van der Waals surface area contributed by atoms with E-state index in [9.17, 15) is 4.79 Å². The van der Waals surface area contributed by atoms with E-state index >= 15 is 0 Å². The summed E-state index contributed by atoms with van der Waals surface area (Å²) in [6.45, 7) is 0. The zero-order valence-corrected chi connectivity index (χ0v) is 16.0. The van der Waals surface area contributed by atoms with Gasteiger partial charge < -0.3 is 16.0 Å². The van der Waals surface area contributed by atoms with Gasteiger partial charge in [-0.25, -0.2) is 4.98 Å². The van der Waals surface area contributed by atoms with E-state index in [1.165, 1.54) is 0 Å². The summed E-state index contributed by atoms with van der Waals surface area (Å²) in [5.74, 6) is 0.901. The van der Waals surface area contributed by atoms with Crippen LogP contribution in [0, 0.1) is 0 Å². The van der Waals surface area contributed by atoms with E-state index in [0.717, 1.165) is 16.8 Å². The van der Waals surface area contributed by atoms with Crippen LogP contribution in [0.25, 0.3) is 5.73 Å². The largest absolute Gasteiger partial charge is 1.00 e. The van der Waals surface area contributed by atoms with Crippen molar-refractivity contribution in [3.8, 4) is 0 Å². The number of fused-ring (bicyclic) bond motifs is 3. The third-order valence-corrected chi connectivity index (χ3v) is 4.02. The first-order chi connectivity index (χ1) is 9.19. The average molecular weight is 337 g/mol. The molecule has 1 aliphatic heterocycles. The number of carbonyl (C=O) groups is 1. The molecule has 1 spiro atoms. The number of pyridine rings is 2. The van der Waals surface area contributed by atoms with E-state index in [1.807, 2.05) is 18.2 Å². The number of hydrogen-bond donors (Lipinski definition) is 1. The molecular weight excluding hydrogens is 326 g/mol. The van der Waals surface area contributed by atoms with E-state index in [0.29, 0.717) is 18.7 Å². The molecule has 0 aromatic carbocycles. The van der Waals surface area contributed by atoms with Crippen LogP contribution in [0.3, 0.4) is 0 Å². The van der Waals surface area contributed by atoms with E-state index in [-0.39, 0.29) is 69.9 Å². The fourth-order valence-electron chi connectivity index (χ4n) is 3.11. The normalized spacial score (nSPS) is 22.1. The number of aromatic nitrogens is 2. The van der Waals surface area contributed by atoms with E-state index < -0.39 is 5.41 Å². The van der Waals surface area contributed by atoms with Crippen molar-refractivity contribution >= 4 is 17.5 Å². The quantitative estimate of drug-likeness (QED) is 0.681. The summed E-state index contributed by atoms with van der Waals surface area (Å²) in [6, 6.07) is 7.39. The summed E-state index contributed by atoms with van der Waals surface area (Å²) in [5.41, 5.74) is 9.88. The molecule has 0 saturated heterocycles. The Bertz CT molecular complexity index is 718. The smallest absolute Gasteiger partial charge is 0.482 e. The SMILES string of the molecule is [NH-]c1ccc2c(n1)CC1(C2)C(=O)Nc2ncccc21.[Rb+]. The van der Waals surface area contributed by atoms with Crippen LogP contribution in [-0.2, 0) is 23.1 Å². The van der Waals surface area contributed by atoms with Crippen molar-refractivity contribution in [2.45, 2.75) is 18.3 Å². The van der Waals surface area contributed by atoms with Gasteiger partial charge in [-0.2, -0.15) is 0 Å². The summed E-state index contributed by atoms with van der Waals surface area (Å²) in [5, 5.41) is 2.85. The van der Waals surface area contributed by atoms with Crippen LogP contribution in [0.5, 0.6) is 0 Å². The molecule has 1 amide bonds. The van der Waals surface area contributed by atoms with Gasteiger partial charge in [0, 0.05) is 11.8 Å². The topological polar surface area (TPSA) is 78.7 Å². The molecule has 4 rings (SSSR count). The molecule has 2 N–H and O–H groups in total. The predicted octanol–water partition coefficient (Wildman–Crippen LogP) is -0.847.